The molecule has 2 aliphatic rings. The van der Waals surface area contributed by atoms with Crippen molar-refractivity contribution in [3.05, 3.63) is 16.0 Å². The van der Waals surface area contributed by atoms with Gasteiger partial charge in [-0.05, 0) is 44.6 Å². The molecule has 1 N–H and O–H groups in total. The summed E-state index contributed by atoms with van der Waals surface area (Å²) in [4.78, 5) is 26.1. The molecule has 0 spiro atoms. The van der Waals surface area contributed by atoms with Gasteiger partial charge in [0, 0.05) is 11.4 Å². The highest BCUT2D eigenvalue weighted by Gasteiger charge is 2.37. The van der Waals surface area contributed by atoms with Crippen LogP contribution in [0.1, 0.15) is 47.0 Å². The summed E-state index contributed by atoms with van der Waals surface area (Å²) >= 11 is 1.40. The lowest BCUT2D eigenvalue weighted by Crippen LogP contribution is -2.42. The van der Waals surface area contributed by atoms with Crippen LogP contribution in [-0.4, -0.2) is 50.0 Å². The number of amides is 1. The molecular formula is C16H22N2O5S2. The van der Waals surface area contributed by atoms with Crippen molar-refractivity contribution in [1.82, 2.24) is 4.31 Å². The molecule has 1 aliphatic heterocycles. The van der Waals surface area contributed by atoms with Crippen molar-refractivity contribution in [3.63, 3.8) is 0 Å². The molecule has 1 atom stereocenters. The summed E-state index contributed by atoms with van der Waals surface area (Å²) in [5.41, 5.74) is 1.40. The Bertz CT molecular complexity index is 800. The molecule has 0 aromatic carbocycles. The van der Waals surface area contributed by atoms with Crippen molar-refractivity contribution >= 4 is 38.2 Å². The highest BCUT2D eigenvalue weighted by molar-refractivity contribution is 7.88. The molecule has 3 rings (SSSR count). The Morgan fingerprint density at radius 2 is 2.08 bits per heavy atom. The fourth-order valence-corrected chi connectivity index (χ4v) is 5.91. The smallest absolute Gasteiger partial charge is 0.341 e. The SMILES string of the molecule is CCOC(=O)c1c(NC(=O)C2CCCN2S(C)(=O)=O)sc2c1CCC2. The number of carbonyl (C=O) groups is 2. The Balaban J connectivity index is 1.86. The van der Waals surface area contributed by atoms with E-state index in [4.69, 9.17) is 4.74 Å². The van der Waals surface area contributed by atoms with E-state index in [2.05, 4.69) is 5.32 Å². The summed E-state index contributed by atoms with van der Waals surface area (Å²) < 4.78 is 30.1. The molecule has 7 nitrogen and oxygen atoms in total. The fraction of sp³-hybridized carbons (Fsp3) is 0.625. The van der Waals surface area contributed by atoms with E-state index in [1.165, 1.54) is 15.6 Å². The zero-order valence-corrected chi connectivity index (χ0v) is 16.0. The number of anilines is 1. The van der Waals surface area contributed by atoms with Crippen molar-refractivity contribution < 1.29 is 22.7 Å². The molecule has 9 heteroatoms. The van der Waals surface area contributed by atoms with E-state index >= 15 is 0 Å². The normalized spacial score (nSPS) is 20.5. The van der Waals surface area contributed by atoms with Gasteiger partial charge < -0.3 is 10.1 Å². The largest absolute Gasteiger partial charge is 0.462 e. The first kappa shape index (κ1) is 18.3. The molecular weight excluding hydrogens is 364 g/mol. The molecule has 1 fully saturated rings. The lowest BCUT2D eigenvalue weighted by molar-refractivity contribution is -0.119. The minimum Gasteiger partial charge on any atom is -0.462 e. The van der Waals surface area contributed by atoms with Gasteiger partial charge in [-0.1, -0.05) is 0 Å². The molecule has 138 valence electrons. The molecule has 2 heterocycles. The van der Waals surface area contributed by atoms with Gasteiger partial charge in [0.25, 0.3) is 0 Å². The molecule has 1 amide bonds. The molecule has 1 saturated heterocycles. The third-order valence-corrected chi connectivity index (χ3v) is 7.07. The first-order chi connectivity index (χ1) is 11.8. The zero-order valence-electron chi connectivity index (χ0n) is 14.3. The number of fused-ring (bicyclic) bond motifs is 1. The average molecular weight is 386 g/mol. The van der Waals surface area contributed by atoms with Gasteiger partial charge >= 0.3 is 5.97 Å². The van der Waals surface area contributed by atoms with Crippen LogP contribution in [0, 0.1) is 0 Å². The van der Waals surface area contributed by atoms with Gasteiger partial charge in [0.15, 0.2) is 0 Å². The van der Waals surface area contributed by atoms with Crippen molar-refractivity contribution in [2.24, 2.45) is 0 Å². The lowest BCUT2D eigenvalue weighted by Gasteiger charge is -2.21. The minimum absolute atomic E-state index is 0.265. The predicted octanol–water partition coefficient (Wildman–Crippen LogP) is 1.78. The Hall–Kier alpha value is -1.45. The van der Waals surface area contributed by atoms with E-state index in [1.807, 2.05) is 0 Å². The first-order valence-electron chi connectivity index (χ1n) is 8.42. The molecule has 0 radical (unpaired) electrons. The maximum absolute atomic E-state index is 12.7. The van der Waals surface area contributed by atoms with Crippen LogP contribution in [0.5, 0.6) is 0 Å². The number of esters is 1. The number of aryl methyl sites for hydroxylation is 1. The number of hydrogen-bond donors (Lipinski definition) is 1. The van der Waals surface area contributed by atoms with Gasteiger partial charge in [0.05, 0.1) is 18.4 Å². The van der Waals surface area contributed by atoms with Crippen molar-refractivity contribution in [2.75, 3.05) is 24.7 Å². The highest BCUT2D eigenvalue weighted by Crippen LogP contribution is 2.40. The van der Waals surface area contributed by atoms with Crippen molar-refractivity contribution in [1.29, 1.82) is 0 Å². The molecule has 0 bridgehead atoms. The number of carbonyl (C=O) groups excluding carboxylic acids is 2. The second-order valence-corrected chi connectivity index (χ2v) is 9.34. The summed E-state index contributed by atoms with van der Waals surface area (Å²) in [6.07, 6.45) is 4.93. The second-order valence-electron chi connectivity index (χ2n) is 6.30. The van der Waals surface area contributed by atoms with Crippen LogP contribution in [0.4, 0.5) is 5.00 Å². The third-order valence-electron chi connectivity index (χ3n) is 4.57. The van der Waals surface area contributed by atoms with E-state index in [1.54, 1.807) is 6.92 Å². The highest BCUT2D eigenvalue weighted by atomic mass is 32.2. The summed E-state index contributed by atoms with van der Waals surface area (Å²) in [6, 6.07) is -0.720. The van der Waals surface area contributed by atoms with Crippen molar-refractivity contribution in [3.8, 4) is 0 Å². The minimum atomic E-state index is -3.44. The summed E-state index contributed by atoms with van der Waals surface area (Å²) in [7, 11) is -3.44. The van der Waals surface area contributed by atoms with E-state index in [0.29, 0.717) is 30.0 Å². The molecule has 25 heavy (non-hydrogen) atoms. The fourth-order valence-electron chi connectivity index (χ4n) is 3.51. The van der Waals surface area contributed by atoms with E-state index < -0.39 is 22.0 Å². The van der Waals surface area contributed by atoms with Crippen LogP contribution in [0.3, 0.4) is 0 Å². The number of nitrogens with one attached hydrogen (secondary N) is 1. The average Bonchev–Trinajstić information content (AvgIpc) is 3.21. The quantitative estimate of drug-likeness (QED) is 0.779. The number of hydrogen-bond acceptors (Lipinski definition) is 6. The number of ether oxygens (including phenoxy) is 1. The van der Waals surface area contributed by atoms with Gasteiger partial charge in [0.1, 0.15) is 11.0 Å². The zero-order chi connectivity index (χ0) is 18.2. The summed E-state index contributed by atoms with van der Waals surface area (Å²) in [5.74, 6) is -0.808. The van der Waals surface area contributed by atoms with Gasteiger partial charge in [-0.25, -0.2) is 13.2 Å². The van der Waals surface area contributed by atoms with Gasteiger partial charge in [-0.2, -0.15) is 4.31 Å². The Morgan fingerprint density at radius 3 is 2.76 bits per heavy atom. The van der Waals surface area contributed by atoms with Crippen LogP contribution in [0.2, 0.25) is 0 Å². The van der Waals surface area contributed by atoms with Crippen LogP contribution < -0.4 is 5.32 Å². The number of thiophene rings is 1. The number of sulfonamides is 1. The monoisotopic (exact) mass is 386 g/mol. The Kier molecular flexibility index (Phi) is 5.17. The maximum Gasteiger partial charge on any atom is 0.341 e. The van der Waals surface area contributed by atoms with Crippen LogP contribution in [0.25, 0.3) is 0 Å². The molecule has 1 aliphatic carbocycles. The topological polar surface area (TPSA) is 92.8 Å². The van der Waals surface area contributed by atoms with Crippen LogP contribution in [-0.2, 0) is 32.4 Å². The molecule has 1 unspecified atom stereocenters. The number of rotatable bonds is 5. The summed E-state index contributed by atoms with van der Waals surface area (Å²) in [5, 5.41) is 3.28. The number of nitrogens with zero attached hydrogens (tertiary/aromatic N) is 1. The third kappa shape index (κ3) is 3.58. The van der Waals surface area contributed by atoms with E-state index in [0.717, 1.165) is 36.0 Å². The summed E-state index contributed by atoms with van der Waals surface area (Å²) in [6.45, 7) is 2.36. The first-order valence-corrected chi connectivity index (χ1v) is 11.1. The standard InChI is InChI=1S/C16H22N2O5S2/c1-3-23-16(20)13-10-6-4-8-12(10)24-15(13)17-14(19)11-7-5-9-18(11)25(2,21)22/h11H,3-9H2,1-2H3,(H,17,19). The Labute approximate surface area is 151 Å². The van der Waals surface area contributed by atoms with Crippen LogP contribution in [0.15, 0.2) is 0 Å². The predicted molar refractivity (Wildman–Crippen MR) is 95.5 cm³/mol. The lowest BCUT2D eigenvalue weighted by atomic mass is 10.1. The van der Waals surface area contributed by atoms with Crippen molar-refractivity contribution in [2.45, 2.75) is 45.1 Å². The molecule has 1 aromatic rings. The van der Waals surface area contributed by atoms with E-state index in [-0.39, 0.29) is 12.5 Å². The second kappa shape index (κ2) is 7.05. The molecule has 1 aromatic heterocycles. The van der Waals surface area contributed by atoms with Gasteiger partial charge in [-0.15, -0.1) is 11.3 Å². The van der Waals surface area contributed by atoms with E-state index in [9.17, 15) is 18.0 Å². The van der Waals surface area contributed by atoms with Gasteiger partial charge in [0.2, 0.25) is 15.9 Å². The Morgan fingerprint density at radius 1 is 1.32 bits per heavy atom. The maximum atomic E-state index is 12.7. The molecule has 0 saturated carbocycles. The van der Waals surface area contributed by atoms with Crippen LogP contribution >= 0.6 is 11.3 Å². The van der Waals surface area contributed by atoms with Gasteiger partial charge in [-0.3, -0.25) is 4.79 Å².